The van der Waals surface area contributed by atoms with Gasteiger partial charge in [0.1, 0.15) is 6.04 Å². The molecule has 0 aliphatic heterocycles. The van der Waals surface area contributed by atoms with Crippen molar-refractivity contribution < 1.29 is 9.90 Å². The van der Waals surface area contributed by atoms with Gasteiger partial charge in [-0.2, -0.15) is 12.6 Å². The Morgan fingerprint density at radius 1 is 1.43 bits per heavy atom. The topological polar surface area (TPSA) is 63.3 Å². The van der Waals surface area contributed by atoms with Crippen LogP contribution >= 0.6 is 12.6 Å². The normalized spacial score (nSPS) is 14.8. The Balaban J connectivity index is 2.84. The van der Waals surface area contributed by atoms with Crippen LogP contribution in [0.2, 0.25) is 0 Å². The van der Waals surface area contributed by atoms with Crippen LogP contribution in [0.25, 0.3) is 0 Å². The van der Waals surface area contributed by atoms with E-state index in [2.05, 4.69) is 12.6 Å². The van der Waals surface area contributed by atoms with Crippen molar-refractivity contribution >= 4 is 18.6 Å². The van der Waals surface area contributed by atoms with Gasteiger partial charge < -0.3 is 10.8 Å². The van der Waals surface area contributed by atoms with E-state index >= 15 is 0 Å². The van der Waals surface area contributed by atoms with Crippen molar-refractivity contribution in [1.82, 2.24) is 0 Å². The number of carboxylic acids is 1. The predicted octanol–water partition coefficient (Wildman–Crippen LogP) is 1.38. The minimum absolute atomic E-state index is 0.465. The molecule has 0 aliphatic carbocycles. The standard InChI is InChI=1S/C10H13NO2S/c1-6-2-4-7(5-3-6)9(14)8(11)10(12)13/h2-5,8-9,14H,11H2,1H3,(H,12,13). The molecule has 0 spiro atoms. The average molecular weight is 211 g/mol. The third-order valence-corrected chi connectivity index (χ3v) is 2.66. The molecular formula is C10H13NO2S. The molecular weight excluding hydrogens is 198 g/mol. The Labute approximate surface area is 88.3 Å². The summed E-state index contributed by atoms with van der Waals surface area (Å²) in [5, 5.41) is 8.23. The van der Waals surface area contributed by atoms with E-state index in [0.717, 1.165) is 11.1 Å². The van der Waals surface area contributed by atoms with Crippen molar-refractivity contribution in [2.45, 2.75) is 18.2 Å². The summed E-state index contributed by atoms with van der Waals surface area (Å²) in [6.07, 6.45) is 0. The lowest BCUT2D eigenvalue weighted by Gasteiger charge is -2.15. The predicted molar refractivity (Wildman–Crippen MR) is 58.5 cm³/mol. The monoisotopic (exact) mass is 211 g/mol. The summed E-state index contributed by atoms with van der Waals surface area (Å²) in [4.78, 5) is 10.6. The number of hydrogen-bond acceptors (Lipinski definition) is 3. The van der Waals surface area contributed by atoms with Gasteiger partial charge in [-0.15, -0.1) is 0 Å². The second-order valence-electron chi connectivity index (χ2n) is 3.22. The van der Waals surface area contributed by atoms with Crippen LogP contribution in [0.1, 0.15) is 16.4 Å². The van der Waals surface area contributed by atoms with E-state index in [9.17, 15) is 4.79 Å². The average Bonchev–Trinajstić information content (AvgIpc) is 2.16. The second kappa shape index (κ2) is 4.48. The number of carboxylic acid groups (broad SMARTS) is 1. The number of aliphatic carboxylic acids is 1. The van der Waals surface area contributed by atoms with E-state index in [1.807, 2.05) is 31.2 Å². The highest BCUT2D eigenvalue weighted by atomic mass is 32.1. The van der Waals surface area contributed by atoms with Crippen LogP contribution in [-0.4, -0.2) is 17.1 Å². The zero-order chi connectivity index (χ0) is 10.7. The molecule has 14 heavy (non-hydrogen) atoms. The van der Waals surface area contributed by atoms with Gasteiger partial charge in [0.05, 0.1) is 5.25 Å². The van der Waals surface area contributed by atoms with Crippen molar-refractivity contribution in [2.75, 3.05) is 0 Å². The number of hydrogen-bond donors (Lipinski definition) is 3. The molecule has 0 saturated carbocycles. The van der Waals surface area contributed by atoms with E-state index < -0.39 is 17.3 Å². The first-order chi connectivity index (χ1) is 6.52. The SMILES string of the molecule is Cc1ccc(C(S)C(N)C(=O)O)cc1. The minimum atomic E-state index is -1.04. The molecule has 0 amide bonds. The fourth-order valence-electron chi connectivity index (χ4n) is 1.11. The molecule has 0 bridgehead atoms. The fraction of sp³-hybridized carbons (Fsp3) is 0.300. The van der Waals surface area contributed by atoms with Gasteiger partial charge in [0.15, 0.2) is 0 Å². The van der Waals surface area contributed by atoms with Gasteiger partial charge in [0.25, 0.3) is 0 Å². The molecule has 76 valence electrons. The highest BCUT2D eigenvalue weighted by molar-refractivity contribution is 7.80. The van der Waals surface area contributed by atoms with Gasteiger partial charge in [-0.05, 0) is 12.5 Å². The zero-order valence-electron chi connectivity index (χ0n) is 7.84. The molecule has 0 fully saturated rings. The van der Waals surface area contributed by atoms with Crippen LogP contribution in [0, 0.1) is 6.92 Å². The smallest absolute Gasteiger partial charge is 0.321 e. The van der Waals surface area contributed by atoms with Gasteiger partial charge in [-0.1, -0.05) is 29.8 Å². The number of thiol groups is 1. The first-order valence-corrected chi connectivity index (χ1v) is 4.77. The minimum Gasteiger partial charge on any atom is -0.480 e. The van der Waals surface area contributed by atoms with Gasteiger partial charge in [0.2, 0.25) is 0 Å². The molecule has 0 aliphatic rings. The molecule has 2 atom stereocenters. The number of benzene rings is 1. The summed E-state index contributed by atoms with van der Waals surface area (Å²) >= 11 is 4.18. The molecule has 4 heteroatoms. The van der Waals surface area contributed by atoms with Crippen molar-refractivity contribution in [3.8, 4) is 0 Å². The Kier molecular flexibility index (Phi) is 3.55. The zero-order valence-corrected chi connectivity index (χ0v) is 8.74. The fourth-order valence-corrected chi connectivity index (χ4v) is 1.41. The van der Waals surface area contributed by atoms with Crippen LogP contribution in [-0.2, 0) is 4.79 Å². The van der Waals surface area contributed by atoms with Crippen LogP contribution < -0.4 is 5.73 Å². The summed E-state index contributed by atoms with van der Waals surface area (Å²) in [7, 11) is 0. The maximum atomic E-state index is 10.6. The molecule has 0 heterocycles. The summed E-state index contributed by atoms with van der Waals surface area (Å²) < 4.78 is 0. The molecule has 3 nitrogen and oxygen atoms in total. The lowest BCUT2D eigenvalue weighted by atomic mass is 10.0. The second-order valence-corrected chi connectivity index (χ2v) is 3.78. The molecule has 1 aromatic carbocycles. The van der Waals surface area contributed by atoms with E-state index in [1.54, 1.807) is 0 Å². The maximum Gasteiger partial charge on any atom is 0.321 e. The van der Waals surface area contributed by atoms with Gasteiger partial charge >= 0.3 is 5.97 Å². The number of rotatable bonds is 3. The Hall–Kier alpha value is -1.00. The molecule has 2 unspecified atom stereocenters. The Morgan fingerprint density at radius 2 is 1.93 bits per heavy atom. The quantitative estimate of drug-likeness (QED) is 0.662. The lowest BCUT2D eigenvalue weighted by molar-refractivity contribution is -0.138. The summed E-state index contributed by atoms with van der Waals surface area (Å²) in [5.74, 6) is -1.04. The molecule has 3 N–H and O–H groups in total. The summed E-state index contributed by atoms with van der Waals surface area (Å²) in [5.41, 5.74) is 7.41. The van der Waals surface area contributed by atoms with E-state index in [-0.39, 0.29) is 0 Å². The first-order valence-electron chi connectivity index (χ1n) is 4.25. The van der Waals surface area contributed by atoms with Crippen LogP contribution in [0.4, 0.5) is 0 Å². The number of aryl methyl sites for hydroxylation is 1. The van der Waals surface area contributed by atoms with Crippen LogP contribution in [0.15, 0.2) is 24.3 Å². The van der Waals surface area contributed by atoms with Crippen molar-refractivity contribution in [3.63, 3.8) is 0 Å². The van der Waals surface area contributed by atoms with Crippen LogP contribution in [0.5, 0.6) is 0 Å². The highest BCUT2D eigenvalue weighted by Gasteiger charge is 2.21. The van der Waals surface area contributed by atoms with E-state index in [1.165, 1.54) is 0 Å². The van der Waals surface area contributed by atoms with Crippen molar-refractivity contribution in [2.24, 2.45) is 5.73 Å². The van der Waals surface area contributed by atoms with Gasteiger partial charge in [-0.25, -0.2) is 0 Å². The van der Waals surface area contributed by atoms with Crippen molar-refractivity contribution in [3.05, 3.63) is 35.4 Å². The number of carbonyl (C=O) groups is 1. The third-order valence-electron chi connectivity index (χ3n) is 2.04. The third kappa shape index (κ3) is 2.49. The summed E-state index contributed by atoms with van der Waals surface area (Å²) in [6.45, 7) is 1.97. The molecule has 0 saturated heterocycles. The van der Waals surface area contributed by atoms with Crippen LogP contribution in [0.3, 0.4) is 0 Å². The molecule has 0 radical (unpaired) electrons. The lowest BCUT2D eigenvalue weighted by Crippen LogP contribution is -2.34. The Bertz CT molecular complexity index is 323. The maximum absolute atomic E-state index is 10.6. The molecule has 1 rings (SSSR count). The number of nitrogens with two attached hydrogens (primary N) is 1. The molecule has 1 aromatic rings. The molecule has 0 aromatic heterocycles. The van der Waals surface area contributed by atoms with Gasteiger partial charge in [-0.3, -0.25) is 4.79 Å². The van der Waals surface area contributed by atoms with Crippen molar-refractivity contribution in [1.29, 1.82) is 0 Å². The first kappa shape index (κ1) is 11.1. The Morgan fingerprint density at radius 3 is 2.36 bits per heavy atom. The van der Waals surface area contributed by atoms with E-state index in [4.69, 9.17) is 10.8 Å². The summed E-state index contributed by atoms with van der Waals surface area (Å²) in [6, 6.07) is 6.53. The van der Waals surface area contributed by atoms with Gasteiger partial charge in [0, 0.05) is 0 Å². The highest BCUT2D eigenvalue weighted by Crippen LogP contribution is 2.22. The largest absolute Gasteiger partial charge is 0.480 e. The van der Waals surface area contributed by atoms with E-state index in [0.29, 0.717) is 0 Å².